The molecule has 4 heteroatoms. The molecule has 0 spiro atoms. The predicted molar refractivity (Wildman–Crippen MR) is 78.7 cm³/mol. The second-order valence-corrected chi connectivity index (χ2v) is 5.49. The Labute approximate surface area is 120 Å². The van der Waals surface area contributed by atoms with Gasteiger partial charge in [-0.2, -0.15) is 0 Å². The summed E-state index contributed by atoms with van der Waals surface area (Å²) in [5.74, 6) is 0.923. The molecule has 0 aliphatic heterocycles. The molecule has 0 radical (unpaired) electrons. The van der Waals surface area contributed by atoms with Crippen LogP contribution in [0.3, 0.4) is 0 Å². The van der Waals surface area contributed by atoms with E-state index >= 15 is 0 Å². The first kappa shape index (κ1) is 14.9. The minimum Gasteiger partial charge on any atom is -0.452 e. The molecule has 0 saturated heterocycles. The van der Waals surface area contributed by atoms with Gasteiger partial charge in [0.1, 0.15) is 0 Å². The Morgan fingerprint density at radius 2 is 1.80 bits per heavy atom. The first-order chi connectivity index (χ1) is 9.74. The van der Waals surface area contributed by atoms with Crippen LogP contribution in [-0.4, -0.2) is 31.5 Å². The number of ether oxygens (including phenoxy) is 1. The molecule has 20 heavy (non-hydrogen) atoms. The van der Waals surface area contributed by atoms with Gasteiger partial charge in [0.25, 0.3) is 0 Å². The molecule has 1 N–H and O–H groups in total. The fourth-order valence-corrected chi connectivity index (χ4v) is 2.86. The van der Waals surface area contributed by atoms with Gasteiger partial charge in [0.2, 0.25) is 0 Å². The van der Waals surface area contributed by atoms with E-state index in [1.807, 2.05) is 30.3 Å². The zero-order chi connectivity index (χ0) is 14.4. The number of methoxy groups -OCH3 is 1. The Balaban J connectivity index is 2.00. The number of hydrogen-bond acceptors (Lipinski definition) is 3. The predicted octanol–water partition coefficient (Wildman–Crippen LogP) is 3.06. The van der Waals surface area contributed by atoms with Crippen molar-refractivity contribution in [3.8, 4) is 0 Å². The summed E-state index contributed by atoms with van der Waals surface area (Å²) in [4.78, 5) is 13.7. The number of nitrogens with zero attached hydrogens (tertiary/aromatic N) is 1. The quantitative estimate of drug-likeness (QED) is 0.920. The van der Waals surface area contributed by atoms with Crippen molar-refractivity contribution in [2.75, 3.05) is 25.2 Å². The highest BCUT2D eigenvalue weighted by Gasteiger charge is 2.25. The van der Waals surface area contributed by atoms with Gasteiger partial charge in [-0.1, -0.05) is 18.2 Å². The summed E-state index contributed by atoms with van der Waals surface area (Å²) in [5.41, 5.74) is 0.878. The van der Waals surface area contributed by atoms with Crippen molar-refractivity contribution < 1.29 is 14.6 Å². The van der Waals surface area contributed by atoms with E-state index in [9.17, 15) is 9.90 Å². The van der Waals surface area contributed by atoms with Crippen molar-refractivity contribution >= 4 is 11.8 Å². The molecule has 0 unspecified atom stereocenters. The van der Waals surface area contributed by atoms with Crippen molar-refractivity contribution in [2.24, 2.45) is 11.8 Å². The number of carbonyl (C=O) groups is 1. The zero-order valence-corrected chi connectivity index (χ0v) is 12.0. The second-order valence-electron chi connectivity index (χ2n) is 5.49. The van der Waals surface area contributed by atoms with E-state index in [0.29, 0.717) is 18.4 Å². The standard InChI is InChI=1S/C16H23NO3/c1-20-16(19)17(15-5-3-2-4-6-15)11-13-7-9-14(12-18)10-8-13/h2-6,13-14,18H,7-12H2,1H3. The number of anilines is 1. The molecule has 1 saturated carbocycles. The van der Waals surface area contributed by atoms with E-state index < -0.39 is 0 Å². The Morgan fingerprint density at radius 1 is 1.20 bits per heavy atom. The summed E-state index contributed by atoms with van der Waals surface area (Å²) in [7, 11) is 1.42. The molecule has 1 aliphatic rings. The Morgan fingerprint density at radius 3 is 2.35 bits per heavy atom. The molecule has 0 bridgehead atoms. The maximum Gasteiger partial charge on any atom is 0.414 e. The molecular weight excluding hydrogens is 254 g/mol. The van der Waals surface area contributed by atoms with E-state index in [0.717, 1.165) is 31.4 Å². The van der Waals surface area contributed by atoms with Crippen LogP contribution in [0.4, 0.5) is 10.5 Å². The number of carbonyl (C=O) groups excluding carboxylic acids is 1. The molecule has 1 aromatic rings. The molecule has 1 aromatic carbocycles. The van der Waals surface area contributed by atoms with Gasteiger partial charge >= 0.3 is 6.09 Å². The Kier molecular flexibility index (Phi) is 5.41. The third-order valence-corrected chi connectivity index (χ3v) is 4.13. The minimum absolute atomic E-state index is 0.284. The average molecular weight is 277 g/mol. The van der Waals surface area contributed by atoms with E-state index in [4.69, 9.17) is 4.74 Å². The highest BCUT2D eigenvalue weighted by Crippen LogP contribution is 2.30. The van der Waals surface area contributed by atoms with Crippen LogP contribution in [0.15, 0.2) is 30.3 Å². The zero-order valence-electron chi connectivity index (χ0n) is 12.0. The van der Waals surface area contributed by atoms with Gasteiger partial charge in [-0.25, -0.2) is 4.79 Å². The van der Waals surface area contributed by atoms with Crippen LogP contribution in [0, 0.1) is 11.8 Å². The van der Waals surface area contributed by atoms with Gasteiger partial charge in [-0.15, -0.1) is 0 Å². The molecule has 0 aromatic heterocycles. The average Bonchev–Trinajstić information content (AvgIpc) is 2.53. The number of aliphatic hydroxyl groups is 1. The molecular formula is C16H23NO3. The van der Waals surface area contributed by atoms with Crippen LogP contribution in [0.5, 0.6) is 0 Å². The van der Waals surface area contributed by atoms with Crippen molar-refractivity contribution in [3.05, 3.63) is 30.3 Å². The number of aliphatic hydroxyl groups excluding tert-OH is 1. The number of rotatable bonds is 4. The lowest BCUT2D eigenvalue weighted by molar-refractivity contribution is 0.161. The van der Waals surface area contributed by atoms with Crippen LogP contribution in [-0.2, 0) is 4.74 Å². The van der Waals surface area contributed by atoms with Crippen LogP contribution < -0.4 is 4.90 Å². The molecule has 1 aliphatic carbocycles. The van der Waals surface area contributed by atoms with Crippen molar-refractivity contribution in [3.63, 3.8) is 0 Å². The third kappa shape index (κ3) is 3.73. The summed E-state index contributed by atoms with van der Waals surface area (Å²) >= 11 is 0. The summed E-state index contributed by atoms with van der Waals surface area (Å²) < 4.78 is 4.90. The maximum atomic E-state index is 12.0. The smallest absolute Gasteiger partial charge is 0.414 e. The van der Waals surface area contributed by atoms with Crippen LogP contribution in [0.2, 0.25) is 0 Å². The van der Waals surface area contributed by atoms with E-state index in [1.54, 1.807) is 4.90 Å². The van der Waals surface area contributed by atoms with Crippen molar-refractivity contribution in [1.29, 1.82) is 0 Å². The first-order valence-corrected chi connectivity index (χ1v) is 7.26. The summed E-state index contributed by atoms with van der Waals surface area (Å²) in [5, 5.41) is 9.18. The minimum atomic E-state index is -0.305. The molecule has 1 amide bonds. The topological polar surface area (TPSA) is 49.8 Å². The van der Waals surface area contributed by atoms with Crippen molar-refractivity contribution in [2.45, 2.75) is 25.7 Å². The Hall–Kier alpha value is -1.55. The number of para-hydroxylation sites is 1. The van der Waals surface area contributed by atoms with Crippen molar-refractivity contribution in [1.82, 2.24) is 0 Å². The van der Waals surface area contributed by atoms with Gasteiger partial charge in [0.05, 0.1) is 7.11 Å². The van der Waals surface area contributed by atoms with E-state index in [2.05, 4.69) is 0 Å². The third-order valence-electron chi connectivity index (χ3n) is 4.13. The fourth-order valence-electron chi connectivity index (χ4n) is 2.86. The van der Waals surface area contributed by atoms with Gasteiger partial charge in [0, 0.05) is 18.8 Å². The molecule has 0 atom stereocenters. The molecule has 2 rings (SSSR count). The molecule has 1 fully saturated rings. The lowest BCUT2D eigenvalue weighted by Crippen LogP contribution is -2.36. The summed E-state index contributed by atoms with van der Waals surface area (Å²) in [6, 6.07) is 9.64. The summed E-state index contributed by atoms with van der Waals surface area (Å²) in [6.45, 7) is 0.973. The lowest BCUT2D eigenvalue weighted by Gasteiger charge is -2.31. The largest absolute Gasteiger partial charge is 0.452 e. The number of benzene rings is 1. The highest BCUT2D eigenvalue weighted by molar-refractivity contribution is 5.87. The molecule has 0 heterocycles. The van der Waals surface area contributed by atoms with Gasteiger partial charge < -0.3 is 9.84 Å². The van der Waals surface area contributed by atoms with Crippen LogP contribution in [0.1, 0.15) is 25.7 Å². The van der Waals surface area contributed by atoms with Gasteiger partial charge in [-0.05, 0) is 49.7 Å². The number of hydrogen-bond donors (Lipinski definition) is 1. The van der Waals surface area contributed by atoms with E-state index in [-0.39, 0.29) is 12.7 Å². The van der Waals surface area contributed by atoms with Crippen LogP contribution in [0.25, 0.3) is 0 Å². The first-order valence-electron chi connectivity index (χ1n) is 7.26. The lowest BCUT2D eigenvalue weighted by atomic mass is 9.82. The normalized spacial score (nSPS) is 22.3. The maximum absolute atomic E-state index is 12.0. The highest BCUT2D eigenvalue weighted by atomic mass is 16.5. The summed E-state index contributed by atoms with van der Waals surface area (Å²) in [6.07, 6.45) is 3.91. The number of amides is 1. The molecule has 110 valence electrons. The van der Waals surface area contributed by atoms with Gasteiger partial charge in [0.15, 0.2) is 0 Å². The monoisotopic (exact) mass is 277 g/mol. The SMILES string of the molecule is COC(=O)N(CC1CCC(CO)CC1)c1ccccc1. The molecule has 4 nitrogen and oxygen atoms in total. The fraction of sp³-hybridized carbons (Fsp3) is 0.562. The van der Waals surface area contributed by atoms with E-state index in [1.165, 1.54) is 7.11 Å². The Bertz CT molecular complexity index is 413. The second kappa shape index (κ2) is 7.29. The van der Waals surface area contributed by atoms with Gasteiger partial charge in [-0.3, -0.25) is 4.90 Å². The van der Waals surface area contributed by atoms with Crippen LogP contribution >= 0.6 is 0 Å².